The summed E-state index contributed by atoms with van der Waals surface area (Å²) in [6.45, 7) is 9.76. The summed E-state index contributed by atoms with van der Waals surface area (Å²) in [6, 6.07) is 9.27. The van der Waals surface area contributed by atoms with Crippen molar-refractivity contribution in [3.8, 4) is 0 Å². The summed E-state index contributed by atoms with van der Waals surface area (Å²) in [5, 5.41) is 9.68. The van der Waals surface area contributed by atoms with Crippen LogP contribution in [0.25, 0.3) is 0 Å². The third-order valence-electron chi connectivity index (χ3n) is 6.04. The Morgan fingerprint density at radius 3 is 2.30 bits per heavy atom. The molecule has 0 spiro atoms. The Kier molecular flexibility index (Phi) is 7.84. The van der Waals surface area contributed by atoms with Crippen molar-refractivity contribution in [1.29, 1.82) is 0 Å². The lowest BCUT2D eigenvalue weighted by atomic mass is 9.92. The van der Waals surface area contributed by atoms with E-state index >= 15 is 0 Å². The second kappa shape index (κ2) is 10.4. The van der Waals surface area contributed by atoms with Crippen LogP contribution in [0.15, 0.2) is 30.3 Å². The summed E-state index contributed by atoms with van der Waals surface area (Å²) < 4.78 is 10.9. The highest BCUT2D eigenvalue weighted by atomic mass is 16.6. The van der Waals surface area contributed by atoms with Crippen molar-refractivity contribution in [3.63, 3.8) is 0 Å². The van der Waals surface area contributed by atoms with Crippen molar-refractivity contribution in [3.05, 3.63) is 35.9 Å². The highest BCUT2D eigenvalue weighted by Crippen LogP contribution is 2.26. The van der Waals surface area contributed by atoms with E-state index in [-0.39, 0.29) is 31.3 Å². The summed E-state index contributed by atoms with van der Waals surface area (Å²) in [7, 11) is 0. The molecule has 0 radical (unpaired) electrons. The zero-order valence-corrected chi connectivity index (χ0v) is 19.9. The smallest absolute Gasteiger partial charge is 0.410 e. The predicted molar refractivity (Wildman–Crippen MR) is 122 cm³/mol. The Morgan fingerprint density at radius 1 is 1.00 bits per heavy atom. The summed E-state index contributed by atoms with van der Waals surface area (Å²) >= 11 is 0. The van der Waals surface area contributed by atoms with Gasteiger partial charge in [0.05, 0.1) is 5.92 Å². The van der Waals surface area contributed by atoms with Gasteiger partial charge in [-0.05, 0) is 39.7 Å². The van der Waals surface area contributed by atoms with Crippen LogP contribution in [0.2, 0.25) is 0 Å². The van der Waals surface area contributed by atoms with Crippen LogP contribution in [0, 0.1) is 5.92 Å². The molecule has 2 aliphatic rings. The van der Waals surface area contributed by atoms with Gasteiger partial charge in [0, 0.05) is 44.8 Å². The van der Waals surface area contributed by atoms with Gasteiger partial charge in [0.15, 0.2) is 0 Å². The van der Waals surface area contributed by atoms with E-state index in [2.05, 4.69) is 4.90 Å². The first kappa shape index (κ1) is 24.8. The minimum Gasteiger partial charge on any atom is -0.481 e. The lowest BCUT2D eigenvalue weighted by molar-refractivity contribution is -0.144. The maximum Gasteiger partial charge on any atom is 0.410 e. The molecule has 182 valence electrons. The summed E-state index contributed by atoms with van der Waals surface area (Å²) in [5.74, 6) is -1.58. The number of carbonyl (C=O) groups is 3. The quantitative estimate of drug-likeness (QED) is 0.736. The lowest BCUT2D eigenvalue weighted by Gasteiger charge is -2.47. The van der Waals surface area contributed by atoms with Crippen molar-refractivity contribution in [2.24, 2.45) is 5.92 Å². The number of carboxylic acid groups (broad SMARTS) is 1. The Bertz CT molecular complexity index is 840. The van der Waals surface area contributed by atoms with E-state index in [4.69, 9.17) is 9.47 Å². The fourth-order valence-electron chi connectivity index (χ4n) is 4.46. The number of rotatable bonds is 4. The minimum atomic E-state index is -0.916. The number of hydrogen-bond donors (Lipinski definition) is 1. The number of piperidine rings is 1. The van der Waals surface area contributed by atoms with Crippen LogP contribution >= 0.6 is 0 Å². The number of aliphatic carboxylic acids is 1. The molecule has 1 aromatic rings. The van der Waals surface area contributed by atoms with Crippen LogP contribution in [0.4, 0.5) is 9.59 Å². The molecule has 0 aliphatic carbocycles. The van der Waals surface area contributed by atoms with E-state index in [0.717, 1.165) is 5.56 Å². The molecule has 2 amide bonds. The number of hydrogen-bond acceptors (Lipinski definition) is 6. The van der Waals surface area contributed by atoms with Crippen LogP contribution in [-0.4, -0.2) is 88.4 Å². The highest BCUT2D eigenvalue weighted by Gasteiger charge is 2.40. The first-order valence-electron chi connectivity index (χ1n) is 11.5. The molecule has 2 saturated heterocycles. The van der Waals surface area contributed by atoms with Gasteiger partial charge < -0.3 is 24.4 Å². The van der Waals surface area contributed by atoms with Gasteiger partial charge in [-0.2, -0.15) is 0 Å². The lowest BCUT2D eigenvalue weighted by Crippen LogP contribution is -2.62. The van der Waals surface area contributed by atoms with Gasteiger partial charge in [-0.1, -0.05) is 30.3 Å². The summed E-state index contributed by atoms with van der Waals surface area (Å²) in [6.07, 6.45) is -0.392. The number of likely N-dealkylation sites (tertiary alicyclic amines) is 1. The molecule has 9 heteroatoms. The molecule has 0 bridgehead atoms. The Morgan fingerprint density at radius 2 is 1.70 bits per heavy atom. The van der Waals surface area contributed by atoms with Gasteiger partial charge in [-0.3, -0.25) is 9.69 Å². The van der Waals surface area contributed by atoms with E-state index in [1.807, 2.05) is 58.0 Å². The number of nitrogens with zero attached hydrogens (tertiary/aromatic N) is 3. The molecule has 0 saturated carbocycles. The zero-order chi connectivity index (χ0) is 24.2. The van der Waals surface area contributed by atoms with Crippen molar-refractivity contribution in [1.82, 2.24) is 14.7 Å². The first-order valence-corrected chi connectivity index (χ1v) is 11.5. The number of benzene rings is 1. The van der Waals surface area contributed by atoms with E-state index in [0.29, 0.717) is 32.6 Å². The molecule has 3 rings (SSSR count). The molecule has 2 heterocycles. The molecule has 1 N–H and O–H groups in total. The first-order chi connectivity index (χ1) is 15.5. The normalized spacial score (nSPS) is 24.3. The molecule has 2 aliphatic heterocycles. The number of piperazine rings is 1. The van der Waals surface area contributed by atoms with Crippen molar-refractivity contribution < 1.29 is 29.0 Å². The Labute approximate surface area is 195 Å². The van der Waals surface area contributed by atoms with Crippen molar-refractivity contribution in [2.75, 3.05) is 32.7 Å². The molecular weight excluding hydrogens is 426 g/mol. The Hall–Kier alpha value is -2.81. The van der Waals surface area contributed by atoms with Gasteiger partial charge in [0.25, 0.3) is 0 Å². The van der Waals surface area contributed by atoms with E-state index in [1.54, 1.807) is 4.90 Å². The molecular formula is C24H35N3O6. The standard InChI is InChI=1S/C24H35N3O6/c1-17-13-25(23(31)33-24(2,3)4)10-11-27(17)20-12-19(21(28)29)14-26(15-20)22(30)32-16-18-8-6-5-7-9-18/h5-9,17,19-20H,10-16H2,1-4H3,(H,28,29)/t17-,19?,20?/m0/s1. The molecule has 3 atom stereocenters. The van der Waals surface area contributed by atoms with Gasteiger partial charge in [-0.15, -0.1) is 0 Å². The van der Waals surface area contributed by atoms with Gasteiger partial charge in [-0.25, -0.2) is 9.59 Å². The molecule has 33 heavy (non-hydrogen) atoms. The van der Waals surface area contributed by atoms with Crippen LogP contribution in [-0.2, 0) is 20.9 Å². The average Bonchev–Trinajstić information content (AvgIpc) is 2.76. The molecule has 9 nitrogen and oxygen atoms in total. The maximum absolute atomic E-state index is 12.7. The van der Waals surface area contributed by atoms with Gasteiger partial charge >= 0.3 is 18.2 Å². The SMILES string of the molecule is C[C@H]1CN(C(=O)OC(C)(C)C)CCN1C1CC(C(=O)O)CN(C(=O)OCc2ccccc2)C1. The Balaban J connectivity index is 1.62. The number of amides is 2. The van der Waals surface area contributed by atoms with Crippen LogP contribution in [0.3, 0.4) is 0 Å². The maximum atomic E-state index is 12.7. The summed E-state index contributed by atoms with van der Waals surface area (Å²) in [5.41, 5.74) is 0.317. The monoisotopic (exact) mass is 461 g/mol. The van der Waals surface area contributed by atoms with Crippen LogP contribution in [0.1, 0.15) is 39.7 Å². The molecule has 2 fully saturated rings. The second-order valence-electron chi connectivity index (χ2n) is 9.88. The molecule has 1 aromatic carbocycles. The van der Waals surface area contributed by atoms with Crippen LogP contribution < -0.4 is 0 Å². The average molecular weight is 462 g/mol. The number of carboxylic acids is 1. The largest absolute Gasteiger partial charge is 0.481 e. The van der Waals surface area contributed by atoms with Gasteiger partial charge in [0.1, 0.15) is 12.2 Å². The van der Waals surface area contributed by atoms with Crippen molar-refractivity contribution in [2.45, 2.75) is 58.4 Å². The fraction of sp³-hybridized carbons (Fsp3) is 0.625. The van der Waals surface area contributed by atoms with E-state index in [1.165, 1.54) is 4.90 Å². The third-order valence-corrected chi connectivity index (χ3v) is 6.04. The van der Waals surface area contributed by atoms with Gasteiger partial charge in [0.2, 0.25) is 0 Å². The number of carbonyl (C=O) groups excluding carboxylic acids is 2. The molecule has 2 unspecified atom stereocenters. The topological polar surface area (TPSA) is 99.6 Å². The van der Waals surface area contributed by atoms with E-state index in [9.17, 15) is 19.5 Å². The predicted octanol–water partition coefficient (Wildman–Crippen LogP) is 3.04. The fourth-order valence-corrected chi connectivity index (χ4v) is 4.46. The minimum absolute atomic E-state index is 0.00556. The third kappa shape index (κ3) is 6.83. The summed E-state index contributed by atoms with van der Waals surface area (Å²) in [4.78, 5) is 42.4. The molecule has 0 aromatic heterocycles. The number of ether oxygens (including phenoxy) is 2. The highest BCUT2D eigenvalue weighted by molar-refractivity contribution is 5.73. The zero-order valence-electron chi connectivity index (χ0n) is 19.9. The second-order valence-corrected chi connectivity index (χ2v) is 9.88. The van der Waals surface area contributed by atoms with E-state index < -0.39 is 23.6 Å². The van der Waals surface area contributed by atoms with Crippen molar-refractivity contribution >= 4 is 18.2 Å². The van der Waals surface area contributed by atoms with Crippen LogP contribution in [0.5, 0.6) is 0 Å².